The molecule has 1 aromatic rings. The lowest BCUT2D eigenvalue weighted by atomic mass is 10.00. The van der Waals surface area contributed by atoms with Gasteiger partial charge in [0.1, 0.15) is 11.4 Å². The van der Waals surface area contributed by atoms with Crippen molar-refractivity contribution in [1.82, 2.24) is 5.43 Å². The first kappa shape index (κ1) is 14.1. The summed E-state index contributed by atoms with van der Waals surface area (Å²) in [6.07, 6.45) is 8.11. The van der Waals surface area contributed by atoms with Gasteiger partial charge in [-0.2, -0.15) is 0 Å². The van der Waals surface area contributed by atoms with Crippen LogP contribution in [0.4, 0.5) is 0 Å². The highest BCUT2D eigenvalue weighted by atomic mass is 32.1. The van der Waals surface area contributed by atoms with E-state index in [-0.39, 0.29) is 0 Å². The Kier molecular flexibility index (Phi) is 4.31. The number of benzene rings is 1. The summed E-state index contributed by atoms with van der Waals surface area (Å²) in [6.45, 7) is 2.50. The van der Waals surface area contributed by atoms with Crippen molar-refractivity contribution in [2.24, 2.45) is 5.84 Å². The molecule has 1 aliphatic carbocycles. The lowest BCUT2D eigenvalue weighted by molar-refractivity contribution is 0.0922. The van der Waals surface area contributed by atoms with Crippen molar-refractivity contribution in [3.63, 3.8) is 0 Å². The van der Waals surface area contributed by atoms with Gasteiger partial charge >= 0.3 is 0 Å². The number of fused-ring (bicyclic) bond motifs is 1. The number of thiol groups is 1. The molecule has 0 saturated carbocycles. The van der Waals surface area contributed by atoms with E-state index in [1.54, 1.807) is 7.11 Å². The number of ether oxygens (including phenoxy) is 1. The first-order valence-electron chi connectivity index (χ1n) is 5.98. The van der Waals surface area contributed by atoms with E-state index in [4.69, 9.17) is 14.8 Å². The molecule has 19 heavy (non-hydrogen) atoms. The molecule has 0 amide bonds. The monoisotopic (exact) mass is 278 g/mol. The third-order valence-electron chi connectivity index (χ3n) is 3.34. The number of hydrogen-bond acceptors (Lipinski definition) is 5. The standard InChI is InChI=1S/C14H18N2O2S/c1-14(17-2)7-5-10-3-4-13(18-19)12(9-16-15)11(10)6-8-14/h3-8,16,19H,9,15H2,1-2H3. The summed E-state index contributed by atoms with van der Waals surface area (Å²) in [7, 11) is 1.69. The number of nitrogens with two attached hydrogens (primary N) is 1. The van der Waals surface area contributed by atoms with E-state index in [0.29, 0.717) is 12.3 Å². The Morgan fingerprint density at radius 3 is 2.68 bits per heavy atom. The van der Waals surface area contributed by atoms with Crippen LogP contribution in [0.5, 0.6) is 5.75 Å². The number of nitrogens with one attached hydrogen (secondary N) is 1. The Morgan fingerprint density at radius 1 is 1.32 bits per heavy atom. The Labute approximate surface area is 118 Å². The van der Waals surface area contributed by atoms with Crippen LogP contribution in [0, 0.1) is 0 Å². The van der Waals surface area contributed by atoms with Crippen LogP contribution in [0.3, 0.4) is 0 Å². The maximum Gasteiger partial charge on any atom is 0.142 e. The summed E-state index contributed by atoms with van der Waals surface area (Å²) < 4.78 is 10.6. The van der Waals surface area contributed by atoms with Crippen LogP contribution >= 0.6 is 12.9 Å². The molecule has 0 saturated heterocycles. The summed E-state index contributed by atoms with van der Waals surface area (Å²) in [5.74, 6) is 6.13. The smallest absolute Gasteiger partial charge is 0.142 e. The SMILES string of the molecule is COC1(C)C=Cc2ccc(OS)c(CNN)c2C=C1. The van der Waals surface area contributed by atoms with Crippen molar-refractivity contribution in [1.29, 1.82) is 0 Å². The first-order valence-corrected chi connectivity index (χ1v) is 6.34. The van der Waals surface area contributed by atoms with Gasteiger partial charge in [-0.05, 0) is 36.3 Å². The zero-order valence-corrected chi connectivity index (χ0v) is 11.9. The van der Waals surface area contributed by atoms with E-state index in [1.165, 1.54) is 0 Å². The van der Waals surface area contributed by atoms with Crippen molar-refractivity contribution in [2.45, 2.75) is 19.1 Å². The van der Waals surface area contributed by atoms with Crippen LogP contribution < -0.4 is 15.5 Å². The fraction of sp³-hybridized carbons (Fsp3) is 0.286. The Bertz CT molecular complexity index is 528. The summed E-state index contributed by atoms with van der Waals surface area (Å²) >= 11 is 3.88. The van der Waals surface area contributed by atoms with E-state index in [0.717, 1.165) is 16.7 Å². The second kappa shape index (κ2) is 5.79. The Morgan fingerprint density at radius 2 is 2.05 bits per heavy atom. The molecule has 0 aliphatic heterocycles. The third kappa shape index (κ3) is 2.84. The largest absolute Gasteiger partial charge is 0.429 e. The van der Waals surface area contributed by atoms with E-state index < -0.39 is 5.60 Å². The molecule has 0 spiro atoms. The van der Waals surface area contributed by atoms with Crippen molar-refractivity contribution in [2.75, 3.05) is 7.11 Å². The lowest BCUT2D eigenvalue weighted by Crippen LogP contribution is -2.22. The molecule has 0 bridgehead atoms. The highest BCUT2D eigenvalue weighted by molar-refractivity contribution is 7.75. The number of methoxy groups -OCH3 is 1. The van der Waals surface area contributed by atoms with Crippen LogP contribution in [-0.4, -0.2) is 12.7 Å². The van der Waals surface area contributed by atoms with Gasteiger partial charge in [0.05, 0.1) is 0 Å². The van der Waals surface area contributed by atoms with E-state index in [9.17, 15) is 0 Å². The van der Waals surface area contributed by atoms with Crippen molar-refractivity contribution < 1.29 is 8.92 Å². The number of rotatable bonds is 4. The van der Waals surface area contributed by atoms with Gasteiger partial charge in [0.2, 0.25) is 0 Å². The number of hydrogen-bond donors (Lipinski definition) is 3. The molecule has 1 atom stereocenters. The summed E-state index contributed by atoms with van der Waals surface area (Å²) in [6, 6.07) is 3.87. The molecule has 3 N–H and O–H groups in total. The zero-order chi connectivity index (χ0) is 13.9. The minimum atomic E-state index is -0.408. The summed E-state index contributed by atoms with van der Waals surface area (Å²) in [5, 5.41) is 0. The van der Waals surface area contributed by atoms with Gasteiger partial charge in [-0.15, -0.1) is 0 Å². The first-order chi connectivity index (χ1) is 9.13. The molecule has 102 valence electrons. The molecule has 5 heteroatoms. The van der Waals surface area contributed by atoms with Crippen LogP contribution in [0.1, 0.15) is 23.6 Å². The molecule has 0 aromatic heterocycles. The van der Waals surface area contributed by atoms with Gasteiger partial charge in [-0.3, -0.25) is 11.3 Å². The second-order valence-electron chi connectivity index (χ2n) is 4.57. The highest BCUT2D eigenvalue weighted by Gasteiger charge is 2.20. The van der Waals surface area contributed by atoms with Gasteiger partial charge in [-0.1, -0.05) is 18.2 Å². The normalized spacial score (nSPS) is 21.1. The molecule has 0 fully saturated rings. The Hall–Kier alpha value is -1.27. The predicted molar refractivity (Wildman–Crippen MR) is 80.6 cm³/mol. The molecular formula is C14H18N2O2S. The molecule has 1 aliphatic rings. The average Bonchev–Trinajstić information content (AvgIpc) is 2.60. The minimum absolute atomic E-state index is 0.408. The maximum atomic E-state index is 5.49. The lowest BCUT2D eigenvalue weighted by Gasteiger charge is -2.18. The maximum absolute atomic E-state index is 5.49. The van der Waals surface area contributed by atoms with Gasteiger partial charge in [0, 0.05) is 32.1 Å². The quantitative estimate of drug-likeness (QED) is 0.342. The topological polar surface area (TPSA) is 56.5 Å². The van der Waals surface area contributed by atoms with E-state index >= 15 is 0 Å². The molecule has 1 aromatic carbocycles. The fourth-order valence-corrected chi connectivity index (χ4v) is 2.24. The van der Waals surface area contributed by atoms with Gasteiger partial charge in [0.25, 0.3) is 0 Å². The zero-order valence-electron chi connectivity index (χ0n) is 11.0. The Balaban J connectivity index is 2.55. The third-order valence-corrected chi connectivity index (χ3v) is 3.54. The summed E-state index contributed by atoms with van der Waals surface area (Å²) in [4.78, 5) is 0. The molecule has 1 unspecified atom stereocenters. The van der Waals surface area contributed by atoms with Gasteiger partial charge < -0.3 is 8.92 Å². The minimum Gasteiger partial charge on any atom is -0.429 e. The van der Waals surface area contributed by atoms with E-state index in [2.05, 4.69) is 18.3 Å². The molecule has 0 heterocycles. The van der Waals surface area contributed by atoms with Crippen LogP contribution in [0.25, 0.3) is 12.2 Å². The van der Waals surface area contributed by atoms with Crippen LogP contribution in [0.2, 0.25) is 0 Å². The summed E-state index contributed by atoms with van der Waals surface area (Å²) in [5.41, 5.74) is 5.37. The molecular weight excluding hydrogens is 260 g/mol. The predicted octanol–water partition coefficient (Wildman–Crippen LogP) is 2.32. The number of hydrazine groups is 1. The fourth-order valence-electron chi connectivity index (χ4n) is 2.07. The van der Waals surface area contributed by atoms with Crippen LogP contribution in [-0.2, 0) is 11.3 Å². The van der Waals surface area contributed by atoms with Crippen molar-refractivity contribution >= 4 is 25.1 Å². The van der Waals surface area contributed by atoms with E-state index in [1.807, 2.05) is 43.4 Å². The molecule has 0 radical (unpaired) electrons. The van der Waals surface area contributed by atoms with Crippen molar-refractivity contribution in [3.05, 3.63) is 41.0 Å². The van der Waals surface area contributed by atoms with Gasteiger partial charge in [-0.25, -0.2) is 0 Å². The van der Waals surface area contributed by atoms with Crippen molar-refractivity contribution in [3.8, 4) is 5.75 Å². The molecule has 4 nitrogen and oxygen atoms in total. The average molecular weight is 278 g/mol. The van der Waals surface area contributed by atoms with Gasteiger partial charge in [0.15, 0.2) is 0 Å². The highest BCUT2D eigenvalue weighted by Crippen LogP contribution is 2.32. The van der Waals surface area contributed by atoms with Crippen LogP contribution in [0.15, 0.2) is 24.3 Å². The second-order valence-corrected chi connectivity index (χ2v) is 4.75. The molecule has 2 rings (SSSR count).